The van der Waals surface area contributed by atoms with E-state index >= 15 is 0 Å². The van der Waals surface area contributed by atoms with E-state index in [-0.39, 0.29) is 31.8 Å². The number of fused-ring (bicyclic) bond motifs is 1. The van der Waals surface area contributed by atoms with Gasteiger partial charge in [0.15, 0.2) is 0 Å². The Balaban J connectivity index is 1.28. The van der Waals surface area contributed by atoms with Crippen LogP contribution in [-0.2, 0) is 16.4 Å². The number of rotatable bonds is 8. The lowest BCUT2D eigenvalue weighted by Gasteiger charge is -2.35. The monoisotopic (exact) mass is 607 g/mol. The maximum Gasteiger partial charge on any atom is 0.258 e. The van der Waals surface area contributed by atoms with Gasteiger partial charge in [0.2, 0.25) is 10.0 Å². The number of carbonyl (C=O) groups is 1. The number of aliphatic hydroxyl groups is 1. The third-order valence-electron chi connectivity index (χ3n) is 8.68. The van der Waals surface area contributed by atoms with Gasteiger partial charge < -0.3 is 20.2 Å². The van der Waals surface area contributed by atoms with Crippen LogP contribution in [0, 0.1) is 5.41 Å². The molecule has 1 amide bonds. The highest BCUT2D eigenvalue weighted by Crippen LogP contribution is 2.54. The van der Waals surface area contributed by atoms with Crippen molar-refractivity contribution in [3.8, 4) is 0 Å². The van der Waals surface area contributed by atoms with E-state index in [9.17, 15) is 22.0 Å². The van der Waals surface area contributed by atoms with Crippen molar-refractivity contribution in [2.24, 2.45) is 5.41 Å². The zero-order chi connectivity index (χ0) is 28.8. The average Bonchev–Trinajstić information content (AvgIpc) is 3.50. The van der Waals surface area contributed by atoms with Gasteiger partial charge >= 0.3 is 0 Å². The number of alkyl halides is 2. The van der Waals surface area contributed by atoms with Crippen LogP contribution in [0.4, 0.5) is 31.8 Å². The second-order valence-electron chi connectivity index (χ2n) is 11.6. The second-order valence-corrected chi connectivity index (χ2v) is 14.5. The summed E-state index contributed by atoms with van der Waals surface area (Å²) >= 11 is 1.66. The molecule has 9 nitrogen and oxygen atoms in total. The largest absolute Gasteiger partial charge is 0.395 e. The fourth-order valence-corrected chi connectivity index (χ4v) is 7.99. The van der Waals surface area contributed by atoms with Gasteiger partial charge in [-0.05, 0) is 67.3 Å². The number of nitrogens with one attached hydrogen (secondary N) is 2. The number of anilines is 4. The summed E-state index contributed by atoms with van der Waals surface area (Å²) < 4.78 is 54.8. The van der Waals surface area contributed by atoms with Crippen LogP contribution >= 0.6 is 11.8 Å². The molecular weight excluding hydrogens is 572 g/mol. The number of carbonyl (C=O) groups excluding carboxylic acids is 1. The van der Waals surface area contributed by atoms with Crippen molar-refractivity contribution in [3.63, 3.8) is 0 Å². The standard InChI is InChI=1S/C28H35F2N5O4S2/c29-28(30)8-12-35(13-9-28)25-24-19(3-15-40-24)17-23(31-25)32-26(37)21-2-1-20(33-41(38,39)16-14-36)18-22(21)34-10-6-27(4-5-27)7-11-34/h1-2,17-18,33,36H,3-16H2,(H,31,32,37). The predicted molar refractivity (Wildman–Crippen MR) is 157 cm³/mol. The fourth-order valence-electron chi connectivity index (χ4n) is 5.98. The highest BCUT2D eigenvalue weighted by atomic mass is 32.2. The number of nitrogens with zero attached hydrogens (tertiary/aromatic N) is 3. The minimum atomic E-state index is -3.73. The number of hydrogen-bond acceptors (Lipinski definition) is 8. The van der Waals surface area contributed by atoms with Crippen molar-refractivity contribution in [3.05, 3.63) is 35.4 Å². The summed E-state index contributed by atoms with van der Waals surface area (Å²) in [7, 11) is -3.73. The molecule has 4 heterocycles. The quantitative estimate of drug-likeness (QED) is 0.406. The first-order valence-corrected chi connectivity index (χ1v) is 16.8. The number of benzene rings is 1. The highest BCUT2D eigenvalue weighted by molar-refractivity contribution is 7.99. The van der Waals surface area contributed by atoms with Gasteiger partial charge in [-0.3, -0.25) is 9.52 Å². The van der Waals surface area contributed by atoms with E-state index in [0.717, 1.165) is 48.6 Å². The van der Waals surface area contributed by atoms with Gasteiger partial charge in [-0.25, -0.2) is 22.2 Å². The molecule has 2 saturated heterocycles. The van der Waals surface area contributed by atoms with Gasteiger partial charge in [0.05, 0.1) is 34.2 Å². The zero-order valence-electron chi connectivity index (χ0n) is 22.8. The Labute approximate surface area is 243 Å². The molecule has 0 radical (unpaired) electrons. The number of thioether (sulfide) groups is 1. The van der Waals surface area contributed by atoms with Crippen LogP contribution in [0.2, 0.25) is 0 Å². The smallest absolute Gasteiger partial charge is 0.258 e. The van der Waals surface area contributed by atoms with Crippen molar-refractivity contribution in [1.29, 1.82) is 0 Å². The Morgan fingerprint density at radius 3 is 2.41 bits per heavy atom. The molecule has 0 unspecified atom stereocenters. The number of aryl methyl sites for hydroxylation is 1. The molecule has 3 aliphatic heterocycles. The minimum absolute atomic E-state index is 0.207. The first-order valence-electron chi connectivity index (χ1n) is 14.2. The Kier molecular flexibility index (Phi) is 7.56. The summed E-state index contributed by atoms with van der Waals surface area (Å²) in [6.45, 7) is 1.46. The molecule has 1 saturated carbocycles. The van der Waals surface area contributed by atoms with E-state index in [0.29, 0.717) is 34.0 Å². The predicted octanol–water partition coefficient (Wildman–Crippen LogP) is 4.33. The summed E-state index contributed by atoms with van der Waals surface area (Å²) in [4.78, 5) is 23.5. The second kappa shape index (κ2) is 10.9. The van der Waals surface area contributed by atoms with Crippen LogP contribution in [0.25, 0.3) is 0 Å². The molecule has 0 bridgehead atoms. The molecule has 13 heteroatoms. The normalized spacial score (nSPS) is 21.0. The number of amides is 1. The summed E-state index contributed by atoms with van der Waals surface area (Å²) in [5.74, 6) is -1.56. The molecule has 1 aromatic heterocycles. The number of aliphatic hydroxyl groups excluding tert-OH is 1. The maximum absolute atomic E-state index is 13.8. The van der Waals surface area contributed by atoms with Crippen molar-refractivity contribution in [2.45, 2.75) is 55.8 Å². The number of sulfonamides is 1. The Morgan fingerprint density at radius 2 is 1.73 bits per heavy atom. The average molecular weight is 608 g/mol. The minimum Gasteiger partial charge on any atom is -0.395 e. The molecule has 222 valence electrons. The lowest BCUT2D eigenvalue weighted by atomic mass is 9.93. The fraction of sp³-hybridized carbons (Fsp3) is 0.571. The number of aromatic nitrogens is 1. The molecule has 41 heavy (non-hydrogen) atoms. The zero-order valence-corrected chi connectivity index (χ0v) is 24.4. The van der Waals surface area contributed by atoms with Crippen LogP contribution in [0.15, 0.2) is 29.2 Å². The number of hydrogen-bond donors (Lipinski definition) is 3. The van der Waals surface area contributed by atoms with Crippen molar-refractivity contribution in [1.82, 2.24) is 4.98 Å². The van der Waals surface area contributed by atoms with Gasteiger partial charge in [-0.1, -0.05) is 0 Å². The van der Waals surface area contributed by atoms with E-state index in [2.05, 4.69) is 14.9 Å². The SMILES string of the molecule is O=C(Nc1cc2c(c(N3CCC(F)(F)CC3)n1)SCC2)c1ccc(NS(=O)(=O)CCO)cc1N1CCC2(CC1)CC2. The van der Waals surface area contributed by atoms with Gasteiger partial charge in [0, 0.05) is 44.8 Å². The molecule has 1 aliphatic carbocycles. The molecule has 4 aliphatic rings. The first-order chi connectivity index (χ1) is 19.6. The third kappa shape index (κ3) is 6.26. The van der Waals surface area contributed by atoms with Crippen LogP contribution < -0.4 is 19.8 Å². The van der Waals surface area contributed by atoms with Crippen LogP contribution in [-0.4, -0.2) is 74.6 Å². The summed E-state index contributed by atoms with van der Waals surface area (Å²) in [6.07, 6.45) is 4.88. The van der Waals surface area contributed by atoms with E-state index in [4.69, 9.17) is 10.1 Å². The van der Waals surface area contributed by atoms with E-state index in [1.807, 2.05) is 11.0 Å². The summed E-state index contributed by atoms with van der Waals surface area (Å²) in [5, 5.41) is 12.1. The summed E-state index contributed by atoms with van der Waals surface area (Å²) in [6, 6.07) is 6.70. The van der Waals surface area contributed by atoms with Gasteiger partial charge in [0.1, 0.15) is 11.6 Å². The molecule has 2 aromatic rings. The molecular formula is C28H35F2N5O4S2. The molecule has 6 rings (SSSR count). The lowest BCUT2D eigenvalue weighted by molar-refractivity contribution is -0.0222. The topological polar surface area (TPSA) is 115 Å². The third-order valence-corrected chi connectivity index (χ3v) is 11.1. The lowest BCUT2D eigenvalue weighted by Crippen LogP contribution is -2.40. The molecule has 0 atom stereocenters. The van der Waals surface area contributed by atoms with Crippen LogP contribution in [0.3, 0.4) is 0 Å². The maximum atomic E-state index is 13.8. The van der Waals surface area contributed by atoms with Gasteiger partial charge in [0.25, 0.3) is 11.8 Å². The summed E-state index contributed by atoms with van der Waals surface area (Å²) in [5.41, 5.74) is 2.83. The first kappa shape index (κ1) is 28.5. The van der Waals surface area contributed by atoms with E-state index in [1.165, 1.54) is 12.8 Å². The van der Waals surface area contributed by atoms with Gasteiger partial charge in [-0.15, -0.1) is 11.8 Å². The Morgan fingerprint density at radius 1 is 1.02 bits per heavy atom. The molecule has 3 N–H and O–H groups in total. The van der Waals surface area contributed by atoms with Gasteiger partial charge in [-0.2, -0.15) is 0 Å². The van der Waals surface area contributed by atoms with Crippen LogP contribution in [0.1, 0.15) is 54.4 Å². The highest BCUT2D eigenvalue weighted by Gasteiger charge is 2.44. The van der Waals surface area contributed by atoms with E-state index < -0.39 is 28.3 Å². The van der Waals surface area contributed by atoms with Crippen LogP contribution in [0.5, 0.6) is 0 Å². The number of piperidine rings is 2. The molecule has 1 spiro atoms. The molecule has 1 aromatic carbocycles. The molecule has 3 fully saturated rings. The Hall–Kier alpha value is -2.64. The van der Waals surface area contributed by atoms with Crippen molar-refractivity contribution >= 4 is 50.7 Å². The van der Waals surface area contributed by atoms with Crippen molar-refractivity contribution in [2.75, 3.05) is 64.1 Å². The Bertz CT molecular complexity index is 1430. The van der Waals surface area contributed by atoms with Crippen molar-refractivity contribution < 1.29 is 27.1 Å². The van der Waals surface area contributed by atoms with E-state index in [1.54, 1.807) is 30.0 Å². The number of pyridine rings is 1. The number of halogens is 2.